The van der Waals surface area contributed by atoms with E-state index < -0.39 is 0 Å². The number of piperidine rings is 1. The highest BCUT2D eigenvalue weighted by atomic mass is 16.5. The second kappa shape index (κ2) is 9.65. The van der Waals surface area contributed by atoms with Crippen molar-refractivity contribution in [2.75, 3.05) is 33.4 Å². The summed E-state index contributed by atoms with van der Waals surface area (Å²) in [6.45, 7) is 4.30. The van der Waals surface area contributed by atoms with Gasteiger partial charge in [-0.3, -0.25) is 9.69 Å². The van der Waals surface area contributed by atoms with Crippen LogP contribution in [0.4, 0.5) is 0 Å². The van der Waals surface area contributed by atoms with E-state index in [4.69, 9.17) is 9.84 Å². The Morgan fingerprint density at radius 3 is 2.52 bits per heavy atom. The number of hydrogen-bond donors (Lipinski definition) is 2. The van der Waals surface area contributed by atoms with Crippen molar-refractivity contribution in [2.24, 2.45) is 5.92 Å². The molecule has 2 N–H and O–H groups in total. The van der Waals surface area contributed by atoms with E-state index in [1.807, 2.05) is 12.1 Å². The minimum absolute atomic E-state index is 0.0885. The molecule has 0 bridgehead atoms. The molecular formula is C18H28N2O3. The first-order chi connectivity index (χ1) is 11.2. The fraction of sp³-hybridized carbons (Fsp3) is 0.611. The molecule has 5 nitrogen and oxygen atoms in total. The Kier molecular flexibility index (Phi) is 7.52. The lowest BCUT2D eigenvalue weighted by Crippen LogP contribution is -2.40. The second-order valence-electron chi connectivity index (χ2n) is 6.16. The number of rotatable bonds is 8. The van der Waals surface area contributed by atoms with E-state index in [1.165, 1.54) is 5.56 Å². The first-order valence-corrected chi connectivity index (χ1v) is 8.40. The number of nitrogens with one attached hydrogen (secondary N) is 1. The minimum Gasteiger partial charge on any atom is -0.392 e. The minimum atomic E-state index is 0.0885. The summed E-state index contributed by atoms with van der Waals surface area (Å²) >= 11 is 0. The Labute approximate surface area is 138 Å². The number of methoxy groups -OCH3 is 1. The van der Waals surface area contributed by atoms with Crippen molar-refractivity contribution in [3.63, 3.8) is 0 Å². The van der Waals surface area contributed by atoms with Crippen LogP contribution in [0.1, 0.15) is 30.4 Å². The number of benzene rings is 1. The number of ether oxygens (including phenoxy) is 1. The van der Waals surface area contributed by atoms with Crippen LogP contribution in [0.5, 0.6) is 0 Å². The van der Waals surface area contributed by atoms with Crippen molar-refractivity contribution in [3.8, 4) is 0 Å². The molecule has 23 heavy (non-hydrogen) atoms. The highest BCUT2D eigenvalue weighted by molar-refractivity contribution is 5.78. The van der Waals surface area contributed by atoms with Gasteiger partial charge in [0.25, 0.3) is 0 Å². The summed E-state index contributed by atoms with van der Waals surface area (Å²) in [5.74, 6) is 0.332. The van der Waals surface area contributed by atoms with Gasteiger partial charge >= 0.3 is 0 Å². The molecule has 1 heterocycles. The van der Waals surface area contributed by atoms with Gasteiger partial charge in [0.15, 0.2) is 0 Å². The van der Waals surface area contributed by atoms with Gasteiger partial charge in [-0.15, -0.1) is 0 Å². The number of carbonyl (C=O) groups excluding carboxylic acids is 1. The smallest absolute Gasteiger partial charge is 0.223 e. The molecule has 5 heteroatoms. The third-order valence-corrected chi connectivity index (χ3v) is 4.39. The fourth-order valence-corrected chi connectivity index (χ4v) is 2.93. The van der Waals surface area contributed by atoms with Gasteiger partial charge in [0.05, 0.1) is 6.61 Å². The summed E-state index contributed by atoms with van der Waals surface area (Å²) in [5.41, 5.74) is 2.20. The SMILES string of the molecule is COCCCNC(=O)C1CCN(Cc2ccc(CO)cc2)CC1. The fourth-order valence-electron chi connectivity index (χ4n) is 2.93. The molecule has 0 radical (unpaired) electrons. The third kappa shape index (κ3) is 5.94. The summed E-state index contributed by atoms with van der Waals surface area (Å²) < 4.78 is 4.98. The predicted molar refractivity (Wildman–Crippen MR) is 89.9 cm³/mol. The molecular weight excluding hydrogens is 292 g/mol. The lowest BCUT2D eigenvalue weighted by atomic mass is 9.95. The standard InChI is InChI=1S/C18H28N2O3/c1-23-12-2-9-19-18(22)17-7-10-20(11-8-17)13-15-3-5-16(14-21)6-4-15/h3-6,17,21H,2,7-14H2,1H3,(H,19,22). The molecule has 1 amide bonds. The molecule has 128 valence electrons. The van der Waals surface area contributed by atoms with Crippen molar-refractivity contribution in [3.05, 3.63) is 35.4 Å². The number of amides is 1. The Balaban J connectivity index is 1.69. The number of likely N-dealkylation sites (tertiary alicyclic amines) is 1. The van der Waals surface area contributed by atoms with Crippen molar-refractivity contribution in [1.82, 2.24) is 10.2 Å². The summed E-state index contributed by atoms with van der Waals surface area (Å²) in [5, 5.41) is 12.1. The monoisotopic (exact) mass is 320 g/mol. The maximum Gasteiger partial charge on any atom is 0.223 e. The summed E-state index contributed by atoms with van der Waals surface area (Å²) in [4.78, 5) is 14.5. The van der Waals surface area contributed by atoms with Crippen molar-refractivity contribution >= 4 is 5.91 Å². The molecule has 1 aliphatic heterocycles. The molecule has 2 rings (SSSR count). The predicted octanol–water partition coefficient (Wildman–Crippen LogP) is 1.54. The van der Waals surface area contributed by atoms with E-state index in [-0.39, 0.29) is 18.4 Å². The van der Waals surface area contributed by atoms with Gasteiger partial charge in [-0.2, -0.15) is 0 Å². The molecule has 0 atom stereocenters. The third-order valence-electron chi connectivity index (χ3n) is 4.39. The van der Waals surface area contributed by atoms with Gasteiger partial charge in [0.2, 0.25) is 5.91 Å². The molecule has 0 unspecified atom stereocenters. The molecule has 0 aromatic heterocycles. The lowest BCUT2D eigenvalue weighted by Gasteiger charge is -2.31. The average Bonchev–Trinajstić information content (AvgIpc) is 2.60. The Morgan fingerprint density at radius 2 is 1.91 bits per heavy atom. The van der Waals surface area contributed by atoms with E-state index in [9.17, 15) is 4.79 Å². The molecule has 1 saturated heterocycles. The first kappa shape index (κ1) is 17.9. The van der Waals surface area contributed by atoms with Crippen LogP contribution in [-0.2, 0) is 22.7 Å². The molecule has 0 aliphatic carbocycles. The van der Waals surface area contributed by atoms with E-state index in [0.717, 1.165) is 44.5 Å². The summed E-state index contributed by atoms with van der Waals surface area (Å²) in [6, 6.07) is 8.07. The molecule has 1 aliphatic rings. The van der Waals surface area contributed by atoms with Crippen LogP contribution in [0.3, 0.4) is 0 Å². The van der Waals surface area contributed by atoms with Crippen LogP contribution in [0, 0.1) is 5.92 Å². The van der Waals surface area contributed by atoms with E-state index in [2.05, 4.69) is 22.3 Å². The van der Waals surface area contributed by atoms with Crippen LogP contribution in [0.15, 0.2) is 24.3 Å². The van der Waals surface area contributed by atoms with Crippen molar-refractivity contribution < 1.29 is 14.6 Å². The largest absolute Gasteiger partial charge is 0.392 e. The number of nitrogens with zero attached hydrogens (tertiary/aromatic N) is 1. The summed E-state index contributed by atoms with van der Waals surface area (Å²) in [6.07, 6.45) is 2.71. The number of aliphatic hydroxyl groups is 1. The number of carbonyl (C=O) groups is 1. The van der Waals surface area contributed by atoms with Crippen LogP contribution >= 0.6 is 0 Å². The highest BCUT2D eigenvalue weighted by Crippen LogP contribution is 2.19. The van der Waals surface area contributed by atoms with Gasteiger partial charge in [0.1, 0.15) is 0 Å². The van der Waals surface area contributed by atoms with Crippen molar-refractivity contribution in [1.29, 1.82) is 0 Å². The van der Waals surface area contributed by atoms with Crippen LogP contribution in [0.2, 0.25) is 0 Å². The molecule has 1 aromatic rings. The zero-order valence-corrected chi connectivity index (χ0v) is 14.0. The second-order valence-corrected chi connectivity index (χ2v) is 6.16. The Bertz CT molecular complexity index is 468. The first-order valence-electron chi connectivity index (χ1n) is 8.40. The Morgan fingerprint density at radius 1 is 1.26 bits per heavy atom. The number of hydrogen-bond acceptors (Lipinski definition) is 4. The average molecular weight is 320 g/mol. The van der Waals surface area contributed by atoms with Crippen LogP contribution in [0.25, 0.3) is 0 Å². The van der Waals surface area contributed by atoms with Gasteiger partial charge in [-0.1, -0.05) is 24.3 Å². The van der Waals surface area contributed by atoms with Crippen molar-refractivity contribution in [2.45, 2.75) is 32.4 Å². The van der Waals surface area contributed by atoms with E-state index >= 15 is 0 Å². The summed E-state index contributed by atoms with van der Waals surface area (Å²) in [7, 11) is 1.68. The zero-order chi connectivity index (χ0) is 16.5. The molecule has 0 saturated carbocycles. The van der Waals surface area contributed by atoms with Gasteiger partial charge in [-0.25, -0.2) is 0 Å². The normalized spacial score (nSPS) is 16.4. The van der Waals surface area contributed by atoms with Gasteiger partial charge in [-0.05, 0) is 43.5 Å². The number of aliphatic hydroxyl groups excluding tert-OH is 1. The molecule has 0 spiro atoms. The van der Waals surface area contributed by atoms with Crippen LogP contribution in [-0.4, -0.2) is 49.3 Å². The topological polar surface area (TPSA) is 61.8 Å². The maximum atomic E-state index is 12.1. The van der Waals surface area contributed by atoms with Gasteiger partial charge in [0, 0.05) is 32.7 Å². The van der Waals surface area contributed by atoms with Gasteiger partial charge < -0.3 is 15.2 Å². The van der Waals surface area contributed by atoms with E-state index in [1.54, 1.807) is 7.11 Å². The quantitative estimate of drug-likeness (QED) is 0.713. The molecule has 1 fully saturated rings. The highest BCUT2D eigenvalue weighted by Gasteiger charge is 2.24. The van der Waals surface area contributed by atoms with Crippen LogP contribution < -0.4 is 5.32 Å². The van der Waals surface area contributed by atoms with E-state index in [0.29, 0.717) is 13.2 Å². The Hall–Kier alpha value is -1.43. The molecule has 1 aromatic carbocycles. The zero-order valence-electron chi connectivity index (χ0n) is 14.0. The maximum absolute atomic E-state index is 12.1. The lowest BCUT2D eigenvalue weighted by molar-refractivity contribution is -0.126.